The van der Waals surface area contributed by atoms with E-state index in [-0.39, 0.29) is 5.91 Å². The molecule has 0 spiro atoms. The van der Waals surface area contributed by atoms with Crippen molar-refractivity contribution < 1.29 is 9.53 Å². The van der Waals surface area contributed by atoms with E-state index in [2.05, 4.69) is 10.4 Å². The van der Waals surface area contributed by atoms with Crippen LogP contribution in [0.25, 0.3) is 21.8 Å². The number of aromatic nitrogens is 3. The van der Waals surface area contributed by atoms with Crippen LogP contribution in [0.4, 0.5) is 5.69 Å². The Morgan fingerprint density at radius 3 is 2.68 bits per heavy atom. The largest absolute Gasteiger partial charge is 0.479 e. The molecule has 2 aromatic heterocycles. The van der Waals surface area contributed by atoms with E-state index in [9.17, 15) is 4.79 Å². The molecule has 0 unspecified atom stereocenters. The smallest absolute Gasteiger partial charge is 0.262 e. The number of rotatable bonds is 5. The summed E-state index contributed by atoms with van der Waals surface area (Å²) in [6, 6.07) is 17.7. The van der Waals surface area contributed by atoms with E-state index >= 15 is 0 Å². The fourth-order valence-electron chi connectivity index (χ4n) is 2.85. The standard InChI is InChI=1S/C21H18N4O2S/c1-25-12-17(20(24-25)27-2)19(26)22-16-10-6-9-15(11-16)18-13-28-21(23-18)14-7-4-3-5-8-14/h3-13H,1-2H3,(H,22,26). The van der Waals surface area contributed by atoms with Crippen LogP contribution < -0.4 is 10.1 Å². The van der Waals surface area contributed by atoms with Crippen LogP contribution in [0.15, 0.2) is 66.2 Å². The zero-order chi connectivity index (χ0) is 19.5. The summed E-state index contributed by atoms with van der Waals surface area (Å²) in [4.78, 5) is 17.3. The summed E-state index contributed by atoms with van der Waals surface area (Å²) in [6.07, 6.45) is 1.63. The average Bonchev–Trinajstić information content (AvgIpc) is 3.36. The summed E-state index contributed by atoms with van der Waals surface area (Å²) < 4.78 is 6.71. The first-order chi connectivity index (χ1) is 13.6. The minimum absolute atomic E-state index is 0.273. The number of carbonyl (C=O) groups is 1. The van der Waals surface area contributed by atoms with E-state index in [1.54, 1.807) is 29.3 Å². The molecule has 0 atom stereocenters. The normalized spacial score (nSPS) is 10.6. The Morgan fingerprint density at radius 2 is 1.89 bits per heavy atom. The van der Waals surface area contributed by atoms with Crippen molar-refractivity contribution in [1.82, 2.24) is 14.8 Å². The minimum atomic E-state index is -0.273. The monoisotopic (exact) mass is 390 g/mol. The Hall–Kier alpha value is -3.45. The summed E-state index contributed by atoms with van der Waals surface area (Å²) in [7, 11) is 3.23. The second-order valence-corrected chi connectivity index (χ2v) is 7.02. The van der Waals surface area contributed by atoms with Gasteiger partial charge in [0.15, 0.2) is 0 Å². The third kappa shape index (κ3) is 3.65. The molecule has 2 aromatic carbocycles. The SMILES string of the molecule is COc1nn(C)cc1C(=O)Nc1cccc(-c2csc(-c3ccccc3)n2)c1. The fourth-order valence-corrected chi connectivity index (χ4v) is 3.68. The van der Waals surface area contributed by atoms with Crippen LogP contribution in [0, 0.1) is 0 Å². The van der Waals surface area contributed by atoms with Gasteiger partial charge in [0.05, 0.1) is 12.8 Å². The Bertz CT molecular complexity index is 1120. The van der Waals surface area contributed by atoms with Crippen LogP contribution in [0.5, 0.6) is 5.88 Å². The van der Waals surface area contributed by atoms with Crippen LogP contribution >= 0.6 is 11.3 Å². The first-order valence-corrected chi connectivity index (χ1v) is 9.52. The number of methoxy groups -OCH3 is 1. The van der Waals surface area contributed by atoms with Gasteiger partial charge in [0, 0.05) is 35.4 Å². The summed E-state index contributed by atoms with van der Waals surface area (Å²) >= 11 is 1.60. The van der Waals surface area contributed by atoms with Crippen molar-refractivity contribution in [2.75, 3.05) is 12.4 Å². The molecule has 0 saturated carbocycles. The molecule has 1 amide bonds. The number of hydrogen-bond donors (Lipinski definition) is 1. The Morgan fingerprint density at radius 1 is 1.11 bits per heavy atom. The zero-order valence-corrected chi connectivity index (χ0v) is 16.2. The topological polar surface area (TPSA) is 69.0 Å². The number of aryl methyl sites for hydroxylation is 1. The van der Waals surface area contributed by atoms with Crippen LogP contribution in [-0.2, 0) is 7.05 Å². The van der Waals surface area contributed by atoms with Crippen molar-refractivity contribution >= 4 is 22.9 Å². The molecule has 0 bridgehead atoms. The molecule has 0 aliphatic rings. The summed E-state index contributed by atoms with van der Waals surface area (Å²) in [5, 5.41) is 10.00. The van der Waals surface area contributed by atoms with Crippen molar-refractivity contribution in [3.05, 3.63) is 71.7 Å². The van der Waals surface area contributed by atoms with Crippen molar-refractivity contribution in [3.63, 3.8) is 0 Å². The molecule has 0 aliphatic heterocycles. The van der Waals surface area contributed by atoms with E-state index in [0.717, 1.165) is 21.8 Å². The van der Waals surface area contributed by atoms with Gasteiger partial charge in [-0.3, -0.25) is 9.48 Å². The second kappa shape index (κ2) is 7.66. The van der Waals surface area contributed by atoms with E-state index in [4.69, 9.17) is 9.72 Å². The van der Waals surface area contributed by atoms with Crippen LogP contribution in [0.3, 0.4) is 0 Å². The molecule has 4 rings (SSSR count). The predicted molar refractivity (Wildman–Crippen MR) is 111 cm³/mol. The number of thiazole rings is 1. The quantitative estimate of drug-likeness (QED) is 0.546. The first-order valence-electron chi connectivity index (χ1n) is 8.64. The molecule has 0 radical (unpaired) electrons. The molecule has 7 heteroatoms. The lowest BCUT2D eigenvalue weighted by atomic mass is 10.1. The summed E-state index contributed by atoms with van der Waals surface area (Å²) in [5.74, 6) is 0.0218. The van der Waals surface area contributed by atoms with E-state index in [1.807, 2.05) is 60.0 Å². The Labute approximate surface area is 166 Å². The predicted octanol–water partition coefficient (Wildman–Crippen LogP) is 4.47. The molecule has 6 nitrogen and oxygen atoms in total. The number of carbonyl (C=O) groups excluding carboxylic acids is 1. The number of amides is 1. The van der Waals surface area contributed by atoms with E-state index in [0.29, 0.717) is 17.1 Å². The highest BCUT2D eigenvalue weighted by atomic mass is 32.1. The van der Waals surface area contributed by atoms with Gasteiger partial charge in [0.25, 0.3) is 5.91 Å². The lowest BCUT2D eigenvalue weighted by molar-refractivity contribution is 0.102. The van der Waals surface area contributed by atoms with Crippen LogP contribution in [0.1, 0.15) is 10.4 Å². The Kier molecular flexibility index (Phi) is 4.90. The number of nitrogens with one attached hydrogen (secondary N) is 1. The molecular formula is C21H18N4O2S. The van der Waals surface area contributed by atoms with Gasteiger partial charge in [-0.1, -0.05) is 42.5 Å². The first kappa shape index (κ1) is 17.9. The van der Waals surface area contributed by atoms with Crippen molar-refractivity contribution in [3.8, 4) is 27.7 Å². The molecule has 140 valence electrons. The van der Waals surface area contributed by atoms with Crippen molar-refractivity contribution in [1.29, 1.82) is 0 Å². The third-order valence-electron chi connectivity index (χ3n) is 4.17. The number of hydrogen-bond acceptors (Lipinski definition) is 5. The molecule has 28 heavy (non-hydrogen) atoms. The van der Waals surface area contributed by atoms with Gasteiger partial charge in [0.2, 0.25) is 5.88 Å². The van der Waals surface area contributed by atoms with Gasteiger partial charge >= 0.3 is 0 Å². The summed E-state index contributed by atoms with van der Waals surface area (Å²) in [5.41, 5.74) is 3.97. The molecular weight excluding hydrogens is 372 g/mol. The molecule has 0 aliphatic carbocycles. The molecule has 0 saturated heterocycles. The van der Waals surface area contributed by atoms with Gasteiger partial charge < -0.3 is 10.1 Å². The fraction of sp³-hybridized carbons (Fsp3) is 0.0952. The third-order valence-corrected chi connectivity index (χ3v) is 5.07. The second-order valence-electron chi connectivity index (χ2n) is 6.16. The van der Waals surface area contributed by atoms with Gasteiger partial charge in [-0.05, 0) is 12.1 Å². The average molecular weight is 390 g/mol. The highest BCUT2D eigenvalue weighted by molar-refractivity contribution is 7.13. The van der Waals surface area contributed by atoms with Crippen molar-refractivity contribution in [2.45, 2.75) is 0 Å². The molecule has 0 fully saturated rings. The lowest BCUT2D eigenvalue weighted by Crippen LogP contribution is -2.12. The highest BCUT2D eigenvalue weighted by Crippen LogP contribution is 2.30. The van der Waals surface area contributed by atoms with Crippen molar-refractivity contribution in [2.24, 2.45) is 7.05 Å². The maximum atomic E-state index is 12.6. The van der Waals surface area contributed by atoms with Gasteiger partial charge in [0.1, 0.15) is 10.6 Å². The Balaban J connectivity index is 1.57. The highest BCUT2D eigenvalue weighted by Gasteiger charge is 2.17. The zero-order valence-electron chi connectivity index (χ0n) is 15.4. The maximum absolute atomic E-state index is 12.6. The molecule has 2 heterocycles. The van der Waals surface area contributed by atoms with E-state index < -0.39 is 0 Å². The lowest BCUT2D eigenvalue weighted by Gasteiger charge is -2.06. The van der Waals surface area contributed by atoms with Gasteiger partial charge in [-0.25, -0.2) is 4.98 Å². The number of benzene rings is 2. The molecule has 4 aromatic rings. The maximum Gasteiger partial charge on any atom is 0.262 e. The van der Waals surface area contributed by atoms with Gasteiger partial charge in [-0.15, -0.1) is 16.4 Å². The van der Waals surface area contributed by atoms with Crippen LogP contribution in [-0.4, -0.2) is 27.8 Å². The number of anilines is 1. The number of nitrogens with zero attached hydrogens (tertiary/aromatic N) is 3. The van der Waals surface area contributed by atoms with E-state index in [1.165, 1.54) is 7.11 Å². The number of ether oxygens (including phenoxy) is 1. The summed E-state index contributed by atoms with van der Waals surface area (Å²) in [6.45, 7) is 0. The van der Waals surface area contributed by atoms with Crippen LogP contribution in [0.2, 0.25) is 0 Å². The minimum Gasteiger partial charge on any atom is -0.479 e. The molecule has 1 N–H and O–H groups in total. The van der Waals surface area contributed by atoms with Gasteiger partial charge in [-0.2, -0.15) is 0 Å².